The van der Waals surface area contributed by atoms with Gasteiger partial charge in [-0.1, -0.05) is 85.6 Å². The van der Waals surface area contributed by atoms with Gasteiger partial charge >= 0.3 is 5.69 Å². The molecule has 1 aliphatic rings. The van der Waals surface area contributed by atoms with E-state index in [0.717, 1.165) is 57.8 Å². The number of carbonyl (C=O) groups excluding carboxylic acids is 1. The first-order valence-electron chi connectivity index (χ1n) is 14.6. The zero-order valence-corrected chi connectivity index (χ0v) is 24.0. The van der Waals surface area contributed by atoms with E-state index in [1.165, 1.54) is 7.05 Å². The van der Waals surface area contributed by atoms with Crippen molar-refractivity contribution in [2.75, 3.05) is 6.61 Å². The van der Waals surface area contributed by atoms with E-state index < -0.39 is 6.04 Å². The molecule has 2 atom stereocenters. The number of rotatable bonds is 8. The van der Waals surface area contributed by atoms with Crippen molar-refractivity contribution in [3.63, 3.8) is 0 Å². The average molecular weight is 565 g/mol. The lowest BCUT2D eigenvalue weighted by Crippen LogP contribution is -2.37. The standard InChI is InChI=1S/C34H36N4O4/c1-36-30-26-14-8-9-15-28(26)38(31(30)33(41)37(2)34(36)42)20-22-16-18-25(19-17-22)29(24-12-6-7-13-24)32(40)35-27(21-39)23-10-4-3-5-11-23/h3-5,8-11,14-19,24,27,29,39H,6-7,12-13,20-21H2,1-2H3,(H,35,40)/t27-,29+/m0/s1. The summed E-state index contributed by atoms with van der Waals surface area (Å²) in [6, 6.07) is 25.0. The van der Waals surface area contributed by atoms with E-state index in [0.29, 0.717) is 17.6 Å². The highest BCUT2D eigenvalue weighted by Crippen LogP contribution is 2.38. The number of benzene rings is 3. The minimum atomic E-state index is -0.462. The summed E-state index contributed by atoms with van der Waals surface area (Å²) in [6.45, 7) is 0.272. The third-order valence-electron chi connectivity index (χ3n) is 8.89. The highest BCUT2D eigenvalue weighted by atomic mass is 16.3. The van der Waals surface area contributed by atoms with Gasteiger partial charge in [-0.2, -0.15) is 0 Å². The molecule has 1 aliphatic carbocycles. The van der Waals surface area contributed by atoms with Gasteiger partial charge in [0.1, 0.15) is 5.52 Å². The Morgan fingerprint density at radius 3 is 2.21 bits per heavy atom. The van der Waals surface area contributed by atoms with Crippen LogP contribution in [-0.2, 0) is 25.4 Å². The fraction of sp³-hybridized carbons (Fsp3) is 0.324. The molecule has 1 fully saturated rings. The molecule has 3 aromatic carbocycles. The molecule has 1 saturated carbocycles. The molecule has 2 aromatic heterocycles. The van der Waals surface area contributed by atoms with Gasteiger partial charge in [-0.05, 0) is 41.5 Å². The number of nitrogens with one attached hydrogen (secondary N) is 1. The maximum absolute atomic E-state index is 13.7. The van der Waals surface area contributed by atoms with Crippen molar-refractivity contribution in [3.05, 3.63) is 116 Å². The van der Waals surface area contributed by atoms with E-state index in [9.17, 15) is 19.5 Å². The molecule has 0 bridgehead atoms. The van der Waals surface area contributed by atoms with Gasteiger partial charge in [-0.25, -0.2) is 4.79 Å². The molecule has 42 heavy (non-hydrogen) atoms. The minimum absolute atomic E-state index is 0.0654. The van der Waals surface area contributed by atoms with Gasteiger partial charge < -0.3 is 15.0 Å². The number of hydrogen-bond acceptors (Lipinski definition) is 4. The highest BCUT2D eigenvalue weighted by molar-refractivity contribution is 6.05. The Balaban J connectivity index is 1.34. The normalized spacial score (nSPS) is 15.3. The second-order valence-electron chi connectivity index (χ2n) is 11.4. The average Bonchev–Trinajstić information content (AvgIpc) is 3.66. The quantitative estimate of drug-likeness (QED) is 0.293. The van der Waals surface area contributed by atoms with Gasteiger partial charge in [-0.3, -0.25) is 18.7 Å². The van der Waals surface area contributed by atoms with E-state index in [1.807, 2.05) is 83.4 Å². The van der Waals surface area contributed by atoms with E-state index in [2.05, 4.69) is 5.32 Å². The van der Waals surface area contributed by atoms with Crippen molar-refractivity contribution in [1.82, 2.24) is 19.0 Å². The van der Waals surface area contributed by atoms with Crippen LogP contribution in [0.5, 0.6) is 0 Å². The minimum Gasteiger partial charge on any atom is -0.394 e. The summed E-state index contributed by atoms with van der Waals surface area (Å²) >= 11 is 0. The van der Waals surface area contributed by atoms with E-state index in [4.69, 9.17) is 0 Å². The van der Waals surface area contributed by atoms with Crippen LogP contribution < -0.4 is 16.6 Å². The molecule has 216 valence electrons. The summed E-state index contributed by atoms with van der Waals surface area (Å²) in [5.74, 6) is -0.133. The van der Waals surface area contributed by atoms with E-state index >= 15 is 0 Å². The van der Waals surface area contributed by atoms with Gasteiger partial charge in [0.2, 0.25) is 5.91 Å². The lowest BCUT2D eigenvalue weighted by Gasteiger charge is -2.26. The van der Waals surface area contributed by atoms with Crippen molar-refractivity contribution < 1.29 is 9.90 Å². The first kappa shape index (κ1) is 27.7. The molecule has 0 saturated heterocycles. The van der Waals surface area contributed by atoms with E-state index in [-0.39, 0.29) is 35.6 Å². The zero-order valence-electron chi connectivity index (χ0n) is 24.0. The first-order chi connectivity index (χ1) is 20.4. The molecule has 0 aliphatic heterocycles. The smallest absolute Gasteiger partial charge is 0.331 e. The van der Waals surface area contributed by atoms with Crippen molar-refractivity contribution >= 4 is 27.8 Å². The van der Waals surface area contributed by atoms with Crippen molar-refractivity contribution in [2.24, 2.45) is 20.0 Å². The van der Waals surface area contributed by atoms with Gasteiger partial charge in [0.15, 0.2) is 0 Å². The first-order valence-corrected chi connectivity index (χ1v) is 14.6. The van der Waals surface area contributed by atoms with Crippen LogP contribution in [0.2, 0.25) is 0 Å². The molecule has 6 rings (SSSR count). The van der Waals surface area contributed by atoms with Crippen molar-refractivity contribution in [2.45, 2.75) is 44.2 Å². The lowest BCUT2D eigenvalue weighted by molar-refractivity contribution is -0.124. The summed E-state index contributed by atoms with van der Waals surface area (Å²) in [7, 11) is 3.21. The SMILES string of the molecule is Cn1c(=O)c2c(c3ccccc3n2Cc2ccc([C@H](C(=O)N[C@@H](CO)c3ccccc3)C3CCCC3)cc2)n(C)c1=O. The zero-order chi connectivity index (χ0) is 29.4. The number of aromatic nitrogens is 3. The van der Waals surface area contributed by atoms with Gasteiger partial charge in [0.25, 0.3) is 5.56 Å². The Labute approximate surface area is 243 Å². The molecule has 8 heteroatoms. The van der Waals surface area contributed by atoms with Crippen LogP contribution in [0.15, 0.2) is 88.5 Å². The number of carbonyl (C=O) groups is 1. The largest absolute Gasteiger partial charge is 0.394 e. The van der Waals surface area contributed by atoms with E-state index in [1.54, 1.807) is 11.6 Å². The molecule has 0 spiro atoms. The number of nitrogens with zero attached hydrogens (tertiary/aromatic N) is 3. The Morgan fingerprint density at radius 2 is 1.52 bits per heavy atom. The third-order valence-corrected chi connectivity index (χ3v) is 8.89. The van der Waals surface area contributed by atoms with Crippen LogP contribution in [0, 0.1) is 5.92 Å². The number of aliphatic hydroxyl groups excluding tert-OH is 1. The Morgan fingerprint density at radius 1 is 0.857 bits per heavy atom. The van der Waals surface area contributed by atoms with Gasteiger partial charge in [0, 0.05) is 26.0 Å². The molecule has 2 N–H and O–H groups in total. The summed E-state index contributed by atoms with van der Waals surface area (Å²) in [6.07, 6.45) is 4.22. The molecular formula is C34H36N4O4. The summed E-state index contributed by atoms with van der Waals surface area (Å²) in [5, 5.41) is 14.0. The predicted octanol–water partition coefficient (Wildman–Crippen LogP) is 4.36. The summed E-state index contributed by atoms with van der Waals surface area (Å²) in [4.78, 5) is 39.8. The van der Waals surface area contributed by atoms with Crippen LogP contribution in [0.25, 0.3) is 21.9 Å². The predicted molar refractivity (Wildman–Crippen MR) is 165 cm³/mol. The Hall–Kier alpha value is -4.43. The fourth-order valence-electron chi connectivity index (χ4n) is 6.69. The monoisotopic (exact) mass is 564 g/mol. The van der Waals surface area contributed by atoms with Crippen molar-refractivity contribution in [3.8, 4) is 0 Å². The van der Waals surface area contributed by atoms with Crippen LogP contribution in [0.4, 0.5) is 0 Å². The molecule has 0 radical (unpaired) electrons. The highest BCUT2D eigenvalue weighted by Gasteiger charge is 2.33. The summed E-state index contributed by atoms with van der Waals surface area (Å²) < 4.78 is 4.67. The van der Waals surface area contributed by atoms with Crippen LogP contribution in [0.1, 0.15) is 54.3 Å². The molecule has 0 unspecified atom stereocenters. The molecular weight excluding hydrogens is 528 g/mol. The number of hydrogen-bond donors (Lipinski definition) is 2. The third kappa shape index (κ3) is 4.86. The Kier molecular flexibility index (Phi) is 7.56. The van der Waals surface area contributed by atoms with Gasteiger partial charge in [0.05, 0.1) is 29.6 Å². The second-order valence-corrected chi connectivity index (χ2v) is 11.4. The topological polar surface area (TPSA) is 98.3 Å². The second kappa shape index (κ2) is 11.4. The number of amides is 1. The maximum Gasteiger partial charge on any atom is 0.331 e. The molecule has 8 nitrogen and oxygen atoms in total. The van der Waals surface area contributed by atoms with Gasteiger partial charge in [-0.15, -0.1) is 0 Å². The fourth-order valence-corrected chi connectivity index (χ4v) is 6.69. The number of fused-ring (bicyclic) bond motifs is 3. The lowest BCUT2D eigenvalue weighted by atomic mass is 9.83. The van der Waals surface area contributed by atoms with Crippen LogP contribution in [0.3, 0.4) is 0 Å². The molecule has 5 aromatic rings. The summed E-state index contributed by atoms with van der Waals surface area (Å²) in [5.41, 5.74) is 4.14. The number of para-hydroxylation sites is 1. The molecule has 2 heterocycles. The number of aliphatic hydroxyl groups is 1. The van der Waals surface area contributed by atoms with Crippen LogP contribution in [-0.4, -0.2) is 31.3 Å². The van der Waals surface area contributed by atoms with Crippen LogP contribution >= 0.6 is 0 Å². The Bertz CT molecular complexity index is 1860. The van der Waals surface area contributed by atoms with Crippen molar-refractivity contribution in [1.29, 1.82) is 0 Å². The number of aryl methyl sites for hydroxylation is 1. The molecule has 1 amide bonds. The maximum atomic E-state index is 13.7.